The number of nitrogens with zero attached hydrogens (tertiary/aromatic N) is 3. The van der Waals surface area contributed by atoms with E-state index >= 15 is 0 Å². The molecule has 3 aliphatic heterocycles. The third kappa shape index (κ3) is 23.9. The predicted molar refractivity (Wildman–Crippen MR) is 294 cm³/mol. The monoisotopic (exact) mass is 1070 g/mol. The fraction of sp³-hybridized carbons (Fsp3) is 0.579. The summed E-state index contributed by atoms with van der Waals surface area (Å²) in [6.45, 7) is 26.3. The molecule has 3 aromatic rings. The molecule has 0 radical (unpaired) electrons. The van der Waals surface area contributed by atoms with Gasteiger partial charge in [0.15, 0.2) is 5.41 Å². The van der Waals surface area contributed by atoms with Gasteiger partial charge in [0, 0.05) is 63.8 Å². The van der Waals surface area contributed by atoms with E-state index < -0.39 is 37.4 Å². The van der Waals surface area contributed by atoms with Crippen molar-refractivity contribution in [3.8, 4) is 0 Å². The Kier molecular flexibility index (Phi) is 31.3. The van der Waals surface area contributed by atoms with Gasteiger partial charge in [0.2, 0.25) is 0 Å². The number of likely N-dealkylation sites (tertiary alicyclic amines) is 2. The minimum absolute atomic E-state index is 0.0782. The third-order valence-corrected chi connectivity index (χ3v) is 14.1. The zero-order valence-corrected chi connectivity index (χ0v) is 47.2. The molecule has 0 amide bonds. The van der Waals surface area contributed by atoms with Crippen LogP contribution in [0.5, 0.6) is 0 Å². The lowest BCUT2D eigenvalue weighted by Gasteiger charge is -2.28. The molecule has 3 aliphatic rings. The molecule has 18 heteroatoms. The van der Waals surface area contributed by atoms with Gasteiger partial charge in [0.1, 0.15) is 5.57 Å². The second kappa shape index (κ2) is 35.5. The number of hydrogen-bond donors (Lipinski definition) is 5. The van der Waals surface area contributed by atoms with Gasteiger partial charge in [-0.2, -0.15) is 0 Å². The number of carbonyl (C=O) groups is 4. The molecule has 75 heavy (non-hydrogen) atoms. The first-order chi connectivity index (χ1) is 35.9. The van der Waals surface area contributed by atoms with Crippen LogP contribution in [0.25, 0.3) is 0 Å². The normalized spacial score (nSPS) is 16.3. The van der Waals surface area contributed by atoms with Crippen LogP contribution in [-0.2, 0) is 62.5 Å². The molecule has 0 aliphatic carbocycles. The molecule has 0 atom stereocenters. The van der Waals surface area contributed by atoms with E-state index in [1.807, 2.05) is 48.5 Å². The highest BCUT2D eigenvalue weighted by molar-refractivity contribution is 6.76. The Morgan fingerprint density at radius 2 is 1.04 bits per heavy atom. The Bertz CT molecular complexity index is 2020. The molecule has 0 unspecified atom stereocenters. The van der Waals surface area contributed by atoms with E-state index in [0.29, 0.717) is 26.1 Å². The van der Waals surface area contributed by atoms with Crippen molar-refractivity contribution in [3.63, 3.8) is 0 Å². The smallest absolute Gasteiger partial charge is 0.344 e. The quantitative estimate of drug-likeness (QED) is 0.0161. The predicted octanol–water partition coefficient (Wildman–Crippen LogP) is 5.46. The number of methoxy groups -OCH3 is 1. The number of rotatable bonds is 22. The van der Waals surface area contributed by atoms with Crippen LogP contribution in [0.15, 0.2) is 103 Å². The minimum Gasteiger partial charge on any atom is -0.465 e. The van der Waals surface area contributed by atoms with Crippen LogP contribution in [0, 0.1) is 16.2 Å². The van der Waals surface area contributed by atoms with Gasteiger partial charge in [-0.3, -0.25) is 24.3 Å². The Hall–Kier alpha value is -4.86. The number of aliphatic hydroxyl groups excluding tert-OH is 4. The maximum atomic E-state index is 12.3. The van der Waals surface area contributed by atoms with Gasteiger partial charge in [-0.25, -0.2) is 9.59 Å². The zero-order chi connectivity index (χ0) is 55.8. The summed E-state index contributed by atoms with van der Waals surface area (Å²) in [4.78, 5) is 53.1. The summed E-state index contributed by atoms with van der Waals surface area (Å²) in [5.74, 6) is -2.39. The van der Waals surface area contributed by atoms with Gasteiger partial charge in [0.25, 0.3) is 0 Å². The van der Waals surface area contributed by atoms with Crippen LogP contribution in [0.2, 0.25) is 19.6 Å². The first-order valence-corrected chi connectivity index (χ1v) is 29.9. The molecule has 0 bridgehead atoms. The molecular formula is C57H90N4O13Si. The average molecular weight is 1070 g/mol. The molecule has 0 saturated carbocycles. The van der Waals surface area contributed by atoms with E-state index in [0.717, 1.165) is 64.4 Å². The molecule has 0 aromatic heterocycles. The highest BCUT2D eigenvalue weighted by Gasteiger charge is 2.53. The van der Waals surface area contributed by atoms with E-state index in [1.165, 1.54) is 17.3 Å². The van der Waals surface area contributed by atoms with Crippen LogP contribution < -0.4 is 5.32 Å². The number of nitrogens with one attached hydrogen (secondary N) is 1. The van der Waals surface area contributed by atoms with Gasteiger partial charge in [0.05, 0.1) is 67.7 Å². The molecule has 3 fully saturated rings. The number of esters is 4. The van der Waals surface area contributed by atoms with Gasteiger partial charge in [-0.05, 0) is 82.9 Å². The van der Waals surface area contributed by atoms with Crippen LogP contribution in [0.3, 0.4) is 0 Å². The number of hydrogen-bond acceptors (Lipinski definition) is 17. The van der Waals surface area contributed by atoms with Crippen molar-refractivity contribution in [1.82, 2.24) is 20.0 Å². The molecular weight excluding hydrogens is 977 g/mol. The standard InChI is InChI=1S/C17H23NO4.C13H19NO2.C13H23NOSi.C8H12O4.C6H13NO2/c1-3-21-15(19)17(16(20)22-4-2)10-11-18(13-17)12-14-8-6-5-7-9-14;15-10-13(11-16)6-7-14(9-13)8-12-4-2-1-3-5-12;1-15-11-14(12-16(2,3)4)10-13-8-6-5-7-9-13;1-4-11-7(9)6(3)8(10)12-5-2;8-4-6(5-9)1-2-7-3-6/h5-9H,3-4,10-13H2,1-2H3;1-5,15-16H,6-11H2;5-9H,10-12H2,1-4H3;3-5H2,1-2H3;7-9H,1-5H2. The van der Waals surface area contributed by atoms with Crippen molar-refractivity contribution >= 4 is 32.0 Å². The Morgan fingerprint density at radius 1 is 0.613 bits per heavy atom. The second-order valence-electron chi connectivity index (χ2n) is 20.3. The maximum Gasteiger partial charge on any atom is 0.344 e. The number of carbonyl (C=O) groups excluding carboxylic acids is 4. The van der Waals surface area contributed by atoms with E-state index in [-0.39, 0.29) is 69.3 Å². The molecule has 17 nitrogen and oxygen atoms in total. The number of ether oxygens (including phenoxy) is 5. The Balaban J connectivity index is 0.000000330. The Morgan fingerprint density at radius 3 is 1.40 bits per heavy atom. The topological polar surface area (TPSA) is 217 Å². The van der Waals surface area contributed by atoms with Gasteiger partial charge >= 0.3 is 23.9 Å². The summed E-state index contributed by atoms with van der Waals surface area (Å²) in [6, 6.07) is 30.9. The van der Waals surface area contributed by atoms with Crippen LogP contribution in [0.1, 0.15) is 63.6 Å². The van der Waals surface area contributed by atoms with Crippen LogP contribution >= 0.6 is 0 Å². The molecule has 420 valence electrons. The van der Waals surface area contributed by atoms with Gasteiger partial charge < -0.3 is 49.4 Å². The van der Waals surface area contributed by atoms with E-state index in [2.05, 4.69) is 98.2 Å². The lowest BCUT2D eigenvalue weighted by molar-refractivity contribution is -0.171. The van der Waals surface area contributed by atoms with Crippen molar-refractivity contribution in [1.29, 1.82) is 0 Å². The summed E-state index contributed by atoms with van der Waals surface area (Å²) in [7, 11) is 0.701. The van der Waals surface area contributed by atoms with Crippen molar-refractivity contribution in [2.75, 3.05) is 112 Å². The fourth-order valence-electron chi connectivity index (χ4n) is 8.61. The third-order valence-electron chi connectivity index (χ3n) is 12.7. The summed E-state index contributed by atoms with van der Waals surface area (Å²) in [5.41, 5.74) is 1.85. The summed E-state index contributed by atoms with van der Waals surface area (Å²) in [6.07, 6.45) is 3.39. The lowest BCUT2D eigenvalue weighted by atomic mass is 9.87. The first kappa shape index (κ1) is 66.2. The SMILES string of the molecule is C=C(C(=O)OCC)C(=O)OCC.CCOC(=O)C1(C(=O)OCC)CCN(Cc2ccccc2)C1.COCN(Cc1ccccc1)C[Si](C)(C)C.OCC1(CO)CCN(Cc2ccccc2)C1.OCC1(CO)CCNC1. The molecule has 3 heterocycles. The maximum absolute atomic E-state index is 12.3. The number of benzene rings is 3. The Labute approximate surface area is 448 Å². The van der Waals surface area contributed by atoms with Crippen LogP contribution in [-0.4, -0.2) is 179 Å². The van der Waals surface area contributed by atoms with Crippen molar-refractivity contribution in [2.45, 2.75) is 86.2 Å². The summed E-state index contributed by atoms with van der Waals surface area (Å²) < 4.78 is 24.6. The van der Waals surface area contributed by atoms with Crippen molar-refractivity contribution in [2.24, 2.45) is 16.2 Å². The van der Waals surface area contributed by atoms with E-state index in [4.69, 9.17) is 24.4 Å². The molecule has 3 saturated heterocycles. The summed E-state index contributed by atoms with van der Waals surface area (Å²) in [5, 5.41) is 39.4. The van der Waals surface area contributed by atoms with E-state index in [1.54, 1.807) is 34.8 Å². The second-order valence-corrected chi connectivity index (χ2v) is 25.8. The molecule has 5 N–H and O–H groups in total. The van der Waals surface area contributed by atoms with Gasteiger partial charge in [-0.1, -0.05) is 117 Å². The van der Waals surface area contributed by atoms with Crippen molar-refractivity contribution < 1.29 is 63.3 Å². The fourth-order valence-corrected chi connectivity index (χ4v) is 10.2. The van der Waals surface area contributed by atoms with Gasteiger partial charge in [-0.15, -0.1) is 0 Å². The first-order valence-electron chi connectivity index (χ1n) is 26.2. The highest BCUT2D eigenvalue weighted by Crippen LogP contribution is 2.35. The highest BCUT2D eigenvalue weighted by atomic mass is 28.3. The largest absolute Gasteiger partial charge is 0.465 e. The molecule has 6 rings (SSSR count). The minimum atomic E-state index is -1.18. The van der Waals surface area contributed by atoms with Crippen LogP contribution in [0.4, 0.5) is 0 Å². The average Bonchev–Trinajstić information content (AvgIpc) is 4.18. The zero-order valence-electron chi connectivity index (χ0n) is 46.2. The lowest BCUT2D eigenvalue weighted by Crippen LogP contribution is -2.44. The number of aliphatic hydroxyl groups is 4. The molecule has 0 spiro atoms. The van der Waals surface area contributed by atoms with Crippen molar-refractivity contribution in [3.05, 3.63) is 120 Å². The van der Waals surface area contributed by atoms with E-state index in [9.17, 15) is 29.4 Å². The molecule has 3 aromatic carbocycles. The summed E-state index contributed by atoms with van der Waals surface area (Å²) >= 11 is 0.